The molecular weight excluding hydrogens is 296 g/mol. The minimum atomic E-state index is -0.971. The average Bonchev–Trinajstić information content (AvgIpc) is 2.79. The largest absolute Gasteiger partial charge is 0.481 e. The zero-order valence-corrected chi connectivity index (χ0v) is 12.2. The first-order valence-corrected chi connectivity index (χ1v) is 7.43. The summed E-state index contributed by atoms with van der Waals surface area (Å²) < 4.78 is 0. The number of nitrogens with zero attached hydrogens (tertiary/aromatic N) is 2. The number of aliphatic carboxylic acids is 1. The number of hydrogen-bond acceptors (Lipinski definition) is 5. The van der Waals surface area contributed by atoms with Gasteiger partial charge in [0.15, 0.2) is 0 Å². The molecule has 0 unspecified atom stereocenters. The Morgan fingerprint density at radius 3 is 2.76 bits per heavy atom. The van der Waals surface area contributed by atoms with Crippen molar-refractivity contribution in [3.63, 3.8) is 0 Å². The Morgan fingerprint density at radius 1 is 1.43 bits per heavy atom. The predicted octanol–water partition coefficient (Wildman–Crippen LogP) is 1.61. The fourth-order valence-electron chi connectivity index (χ4n) is 2.31. The summed E-state index contributed by atoms with van der Waals surface area (Å²) in [5.41, 5.74) is 2.04. The van der Waals surface area contributed by atoms with Crippen LogP contribution in [-0.4, -0.2) is 40.0 Å². The van der Waals surface area contributed by atoms with E-state index in [0.29, 0.717) is 24.2 Å². The number of benzene rings is 1. The van der Waals surface area contributed by atoms with Crippen LogP contribution in [0.5, 0.6) is 0 Å². The van der Waals surface area contributed by atoms with Crippen LogP contribution in [0, 0.1) is 17.0 Å². The van der Waals surface area contributed by atoms with Crippen molar-refractivity contribution in [2.75, 3.05) is 23.0 Å². The molecule has 1 N–H and O–H groups in total. The molecule has 0 atom stereocenters. The molecule has 2 rings (SSSR count). The molecule has 0 fully saturated rings. The molecule has 8 heteroatoms. The van der Waals surface area contributed by atoms with E-state index in [2.05, 4.69) is 0 Å². The number of carboxylic acid groups (broad SMARTS) is 1. The summed E-state index contributed by atoms with van der Waals surface area (Å²) in [7, 11) is 0. The van der Waals surface area contributed by atoms with Crippen LogP contribution in [0.3, 0.4) is 0 Å². The molecule has 1 aliphatic heterocycles. The highest BCUT2D eigenvalue weighted by atomic mass is 32.2. The van der Waals surface area contributed by atoms with E-state index in [4.69, 9.17) is 5.11 Å². The van der Waals surface area contributed by atoms with E-state index < -0.39 is 10.9 Å². The van der Waals surface area contributed by atoms with Crippen molar-refractivity contribution < 1.29 is 19.6 Å². The number of amides is 1. The maximum atomic E-state index is 12.1. The Bertz CT molecular complexity index is 617. The highest BCUT2D eigenvalue weighted by Crippen LogP contribution is 2.34. The molecule has 0 aromatic heterocycles. The molecule has 7 nitrogen and oxygen atoms in total. The highest BCUT2D eigenvalue weighted by Gasteiger charge is 2.27. The number of fused-ring (bicyclic) bond motifs is 1. The summed E-state index contributed by atoms with van der Waals surface area (Å²) in [5, 5.41) is 19.5. The molecule has 0 saturated carbocycles. The minimum Gasteiger partial charge on any atom is -0.481 e. The molecule has 1 amide bonds. The van der Waals surface area contributed by atoms with Gasteiger partial charge in [-0.2, -0.15) is 0 Å². The predicted molar refractivity (Wildman–Crippen MR) is 78.9 cm³/mol. The van der Waals surface area contributed by atoms with Crippen molar-refractivity contribution in [1.29, 1.82) is 0 Å². The lowest BCUT2D eigenvalue weighted by atomic mass is 10.1. The van der Waals surface area contributed by atoms with E-state index in [1.807, 2.05) is 0 Å². The maximum absolute atomic E-state index is 12.1. The number of hydrogen-bond donors (Lipinski definition) is 1. The number of carbonyl (C=O) groups is 2. The van der Waals surface area contributed by atoms with Gasteiger partial charge in [0.2, 0.25) is 5.91 Å². The number of nitro groups is 1. The lowest BCUT2D eigenvalue weighted by molar-refractivity contribution is -0.385. The SMILES string of the molecule is Cc1cc2c(cc1[N+](=O)[O-])N(C(=O)CSCC(=O)O)CC2. The second kappa shape index (κ2) is 6.13. The molecule has 21 heavy (non-hydrogen) atoms. The van der Waals surface area contributed by atoms with Crippen molar-refractivity contribution in [2.45, 2.75) is 13.3 Å². The fourth-order valence-corrected chi connectivity index (χ4v) is 2.92. The normalized spacial score (nSPS) is 13.1. The third-order valence-electron chi connectivity index (χ3n) is 3.24. The zero-order chi connectivity index (χ0) is 15.6. The quantitative estimate of drug-likeness (QED) is 0.655. The number of carbonyl (C=O) groups excluding carboxylic acids is 1. The van der Waals surface area contributed by atoms with Crippen LogP contribution in [-0.2, 0) is 16.0 Å². The van der Waals surface area contributed by atoms with E-state index in [-0.39, 0.29) is 23.1 Å². The van der Waals surface area contributed by atoms with Crippen LogP contribution in [0.2, 0.25) is 0 Å². The number of rotatable bonds is 5. The van der Waals surface area contributed by atoms with Crippen LogP contribution in [0.1, 0.15) is 11.1 Å². The van der Waals surface area contributed by atoms with E-state index in [0.717, 1.165) is 17.3 Å². The Hall–Kier alpha value is -2.09. The molecule has 112 valence electrons. The van der Waals surface area contributed by atoms with Crippen molar-refractivity contribution in [3.05, 3.63) is 33.4 Å². The summed E-state index contributed by atoms with van der Waals surface area (Å²) in [4.78, 5) is 34.5. The molecule has 0 bridgehead atoms. The monoisotopic (exact) mass is 310 g/mol. The van der Waals surface area contributed by atoms with Gasteiger partial charge in [0.1, 0.15) is 0 Å². The standard InChI is InChI=1S/C13H14N2O5S/c1-8-4-9-2-3-14(11(9)5-10(8)15(19)20)12(16)6-21-7-13(17)18/h4-5H,2-3,6-7H2,1H3,(H,17,18). The number of anilines is 1. The van der Waals surface area contributed by atoms with Gasteiger partial charge in [-0.1, -0.05) is 0 Å². The first-order valence-electron chi connectivity index (χ1n) is 6.28. The molecular formula is C13H14N2O5S. The average molecular weight is 310 g/mol. The third kappa shape index (κ3) is 3.33. The van der Waals surface area contributed by atoms with E-state index >= 15 is 0 Å². The molecule has 0 spiro atoms. The Morgan fingerprint density at radius 2 is 2.14 bits per heavy atom. The van der Waals surface area contributed by atoms with Crippen molar-refractivity contribution in [2.24, 2.45) is 0 Å². The molecule has 1 heterocycles. The maximum Gasteiger partial charge on any atom is 0.313 e. The van der Waals surface area contributed by atoms with Crippen molar-refractivity contribution in [1.82, 2.24) is 0 Å². The molecule has 1 aromatic carbocycles. The summed E-state index contributed by atoms with van der Waals surface area (Å²) in [6, 6.07) is 3.17. The van der Waals surface area contributed by atoms with Gasteiger partial charge in [-0.3, -0.25) is 19.7 Å². The highest BCUT2D eigenvalue weighted by molar-refractivity contribution is 8.00. The van der Waals surface area contributed by atoms with Gasteiger partial charge in [0.05, 0.1) is 22.1 Å². The Kier molecular flexibility index (Phi) is 4.46. The van der Waals surface area contributed by atoms with Crippen LogP contribution in [0.25, 0.3) is 0 Å². The second-order valence-corrected chi connectivity index (χ2v) is 5.69. The number of aryl methyl sites for hydroxylation is 1. The lowest BCUT2D eigenvalue weighted by Crippen LogP contribution is -2.30. The van der Waals surface area contributed by atoms with Gasteiger partial charge < -0.3 is 10.0 Å². The molecule has 1 aliphatic rings. The number of carboxylic acids is 1. The van der Waals surface area contributed by atoms with Gasteiger partial charge in [0, 0.05) is 18.2 Å². The first kappa shape index (κ1) is 15.3. The Balaban J connectivity index is 2.17. The van der Waals surface area contributed by atoms with Gasteiger partial charge >= 0.3 is 5.97 Å². The number of thioether (sulfide) groups is 1. The fraction of sp³-hybridized carbons (Fsp3) is 0.385. The molecule has 0 saturated heterocycles. The summed E-state index contributed by atoms with van der Waals surface area (Å²) >= 11 is 1.02. The van der Waals surface area contributed by atoms with Crippen LogP contribution < -0.4 is 4.90 Å². The van der Waals surface area contributed by atoms with Gasteiger partial charge in [-0.05, 0) is 25.0 Å². The minimum absolute atomic E-state index is 0.00774. The number of nitro benzene ring substituents is 1. The van der Waals surface area contributed by atoms with Crippen molar-refractivity contribution >= 4 is 35.0 Å². The van der Waals surface area contributed by atoms with Crippen LogP contribution in [0.15, 0.2) is 12.1 Å². The van der Waals surface area contributed by atoms with E-state index in [1.54, 1.807) is 13.0 Å². The van der Waals surface area contributed by atoms with Crippen LogP contribution >= 0.6 is 11.8 Å². The topological polar surface area (TPSA) is 101 Å². The Labute approximate surface area is 125 Å². The molecule has 0 radical (unpaired) electrons. The van der Waals surface area contributed by atoms with Crippen LogP contribution in [0.4, 0.5) is 11.4 Å². The molecule has 1 aromatic rings. The van der Waals surface area contributed by atoms with E-state index in [9.17, 15) is 19.7 Å². The first-order chi connectivity index (χ1) is 9.90. The van der Waals surface area contributed by atoms with E-state index in [1.165, 1.54) is 11.0 Å². The smallest absolute Gasteiger partial charge is 0.313 e. The summed E-state index contributed by atoms with van der Waals surface area (Å²) in [6.45, 7) is 2.15. The van der Waals surface area contributed by atoms with Gasteiger partial charge in [0.25, 0.3) is 5.69 Å². The third-order valence-corrected chi connectivity index (χ3v) is 4.14. The zero-order valence-electron chi connectivity index (χ0n) is 11.4. The lowest BCUT2D eigenvalue weighted by Gasteiger charge is -2.17. The van der Waals surface area contributed by atoms with Gasteiger partial charge in [-0.15, -0.1) is 11.8 Å². The summed E-state index contributed by atoms with van der Waals surface area (Å²) in [5.74, 6) is -1.28. The second-order valence-electron chi connectivity index (χ2n) is 4.71. The van der Waals surface area contributed by atoms with Crippen molar-refractivity contribution in [3.8, 4) is 0 Å². The summed E-state index contributed by atoms with van der Waals surface area (Å²) in [6.07, 6.45) is 0.656. The van der Waals surface area contributed by atoms with Gasteiger partial charge in [-0.25, -0.2) is 0 Å². The molecule has 0 aliphatic carbocycles.